The molecule has 0 aromatic heterocycles. The summed E-state index contributed by atoms with van der Waals surface area (Å²) in [7, 11) is 0. The lowest BCUT2D eigenvalue weighted by molar-refractivity contribution is -0.114. The molecule has 0 bridgehead atoms. The molecule has 0 aliphatic rings. The molecule has 0 radical (unpaired) electrons. The minimum Gasteiger partial charge on any atom is -0.325 e. The first-order valence-electron chi connectivity index (χ1n) is 10.6. The molecule has 0 aliphatic carbocycles. The number of anilines is 1. The van der Waals surface area contributed by atoms with Gasteiger partial charge in [-0.2, -0.15) is 0 Å². The van der Waals surface area contributed by atoms with Gasteiger partial charge in [-0.15, -0.1) is 0 Å². The Morgan fingerprint density at radius 3 is 2.03 bits per heavy atom. The van der Waals surface area contributed by atoms with E-state index in [1.807, 2.05) is 24.3 Å². The molecule has 0 aliphatic heterocycles. The van der Waals surface area contributed by atoms with Crippen molar-refractivity contribution in [1.82, 2.24) is 10.4 Å². The number of nitrogens with one attached hydrogen (secondary N) is 2. The van der Waals surface area contributed by atoms with Crippen LogP contribution in [0.3, 0.4) is 0 Å². The molecule has 3 amide bonds. The van der Waals surface area contributed by atoms with Crippen molar-refractivity contribution in [2.24, 2.45) is 0 Å². The Hall–Kier alpha value is -3.35. The molecular formula is C26H25Cl2N3O3. The summed E-state index contributed by atoms with van der Waals surface area (Å²) in [6.07, 6.45) is 0. The number of carbonyl (C=O) groups is 3. The van der Waals surface area contributed by atoms with Crippen LogP contribution in [0.2, 0.25) is 10.0 Å². The summed E-state index contributed by atoms with van der Waals surface area (Å²) in [4.78, 5) is 38.1. The molecule has 3 aromatic rings. The monoisotopic (exact) mass is 497 g/mol. The lowest BCUT2D eigenvalue weighted by Gasteiger charge is -2.35. The molecule has 0 spiro atoms. The molecule has 2 N–H and O–H groups in total. The first kappa shape index (κ1) is 25.3. The van der Waals surface area contributed by atoms with E-state index in [2.05, 4.69) is 10.7 Å². The molecule has 0 saturated heterocycles. The van der Waals surface area contributed by atoms with Gasteiger partial charge in [0.25, 0.3) is 11.8 Å². The molecule has 6 nitrogen and oxygen atoms in total. The van der Waals surface area contributed by atoms with Crippen LogP contribution < -0.4 is 10.7 Å². The maximum atomic E-state index is 13.4. The molecular weight excluding hydrogens is 473 g/mol. The summed E-state index contributed by atoms with van der Waals surface area (Å²) in [6.45, 7) is 6.78. The van der Waals surface area contributed by atoms with Gasteiger partial charge in [-0.05, 0) is 56.7 Å². The maximum Gasteiger partial charge on any atom is 0.272 e. The maximum absolute atomic E-state index is 13.4. The molecule has 3 rings (SSSR count). The first-order chi connectivity index (χ1) is 16.0. The van der Waals surface area contributed by atoms with Gasteiger partial charge in [0, 0.05) is 28.6 Å². The minimum atomic E-state index is -0.755. The summed E-state index contributed by atoms with van der Waals surface area (Å²) in [5.74, 6) is -1.19. The van der Waals surface area contributed by atoms with Crippen molar-refractivity contribution in [3.05, 3.63) is 87.9 Å². The van der Waals surface area contributed by atoms with Crippen molar-refractivity contribution in [3.63, 3.8) is 0 Å². The lowest BCUT2D eigenvalue weighted by atomic mass is 9.99. The Kier molecular flexibility index (Phi) is 7.64. The van der Waals surface area contributed by atoms with Crippen molar-refractivity contribution < 1.29 is 14.4 Å². The summed E-state index contributed by atoms with van der Waals surface area (Å²) < 4.78 is 0. The van der Waals surface area contributed by atoms with E-state index in [1.54, 1.807) is 57.2 Å². The normalized spacial score (nSPS) is 11.0. The summed E-state index contributed by atoms with van der Waals surface area (Å²) in [5.41, 5.74) is 4.39. The van der Waals surface area contributed by atoms with Crippen LogP contribution in [-0.4, -0.2) is 28.3 Å². The summed E-state index contributed by atoms with van der Waals surface area (Å²) >= 11 is 12.6. The quantitative estimate of drug-likeness (QED) is 0.420. The zero-order valence-electron chi connectivity index (χ0n) is 19.3. The van der Waals surface area contributed by atoms with E-state index in [4.69, 9.17) is 23.2 Å². The van der Waals surface area contributed by atoms with E-state index >= 15 is 0 Å². The lowest BCUT2D eigenvalue weighted by Crippen LogP contribution is -2.56. The van der Waals surface area contributed by atoms with Crippen molar-refractivity contribution in [3.8, 4) is 11.1 Å². The summed E-state index contributed by atoms with van der Waals surface area (Å²) in [6, 6.07) is 18.8. The molecule has 0 heterocycles. The molecule has 8 heteroatoms. The van der Waals surface area contributed by atoms with E-state index in [0.717, 1.165) is 0 Å². The van der Waals surface area contributed by atoms with Gasteiger partial charge in [0.1, 0.15) is 0 Å². The smallest absolute Gasteiger partial charge is 0.272 e. The van der Waals surface area contributed by atoms with Crippen molar-refractivity contribution in [1.29, 1.82) is 0 Å². The van der Waals surface area contributed by atoms with Crippen LogP contribution >= 0.6 is 23.2 Å². The second-order valence-corrected chi connectivity index (χ2v) is 9.47. The van der Waals surface area contributed by atoms with Gasteiger partial charge in [-0.1, -0.05) is 59.6 Å². The third-order valence-corrected chi connectivity index (χ3v) is 5.59. The van der Waals surface area contributed by atoms with Crippen LogP contribution in [0.5, 0.6) is 0 Å². The first-order valence-corrected chi connectivity index (χ1v) is 11.3. The van der Waals surface area contributed by atoms with E-state index in [0.29, 0.717) is 27.4 Å². The van der Waals surface area contributed by atoms with E-state index < -0.39 is 17.4 Å². The number of amides is 3. The molecule has 34 heavy (non-hydrogen) atoms. The van der Waals surface area contributed by atoms with Gasteiger partial charge in [-0.25, -0.2) is 5.01 Å². The number of hydrazine groups is 1. The predicted molar refractivity (Wildman–Crippen MR) is 136 cm³/mol. The average Bonchev–Trinajstić information content (AvgIpc) is 2.77. The van der Waals surface area contributed by atoms with Crippen LogP contribution in [0, 0.1) is 0 Å². The zero-order valence-corrected chi connectivity index (χ0v) is 20.8. The number of rotatable bonds is 4. The highest BCUT2D eigenvalue weighted by atomic mass is 35.5. The number of nitrogens with zero attached hydrogens (tertiary/aromatic N) is 1. The zero-order chi connectivity index (χ0) is 25.0. The SMILES string of the molecule is CC(=O)Nc1ccc(C(=O)N(NC(=O)c2ccccc2-c2ccccc2Cl)C(C)(C)C)cc1Cl. The number of hydrogen-bond acceptors (Lipinski definition) is 3. The number of carbonyl (C=O) groups excluding carboxylic acids is 3. The average molecular weight is 498 g/mol. The fraction of sp³-hybridized carbons (Fsp3) is 0.192. The second-order valence-electron chi connectivity index (χ2n) is 8.65. The van der Waals surface area contributed by atoms with Crippen molar-refractivity contribution in [2.75, 3.05) is 5.32 Å². The number of benzene rings is 3. The Bertz CT molecular complexity index is 1250. The van der Waals surface area contributed by atoms with Gasteiger partial charge in [0.15, 0.2) is 0 Å². The molecule has 176 valence electrons. The Morgan fingerprint density at radius 1 is 0.824 bits per heavy atom. The van der Waals surface area contributed by atoms with E-state index in [9.17, 15) is 14.4 Å². The second kappa shape index (κ2) is 10.3. The summed E-state index contributed by atoms with van der Waals surface area (Å²) in [5, 5.41) is 4.60. The Morgan fingerprint density at radius 2 is 1.44 bits per heavy atom. The molecule has 0 atom stereocenters. The van der Waals surface area contributed by atoms with Gasteiger partial charge in [0.05, 0.1) is 16.2 Å². The Labute approximate surface area is 208 Å². The predicted octanol–water partition coefficient (Wildman–Crippen LogP) is 6.20. The highest BCUT2D eigenvalue weighted by molar-refractivity contribution is 6.34. The number of hydrogen-bond donors (Lipinski definition) is 2. The standard InChI is InChI=1S/C26H25Cl2N3O3/c1-16(32)29-23-14-13-17(15-22(23)28)25(34)31(26(2,3)4)30-24(33)20-11-6-5-9-18(20)19-10-7-8-12-21(19)27/h5-15H,1-4H3,(H,29,32)(H,30,33). The van der Waals surface area contributed by atoms with Gasteiger partial charge in [-0.3, -0.25) is 19.8 Å². The minimum absolute atomic E-state index is 0.213. The molecule has 3 aromatic carbocycles. The topological polar surface area (TPSA) is 78.5 Å². The van der Waals surface area contributed by atoms with Gasteiger partial charge in [0.2, 0.25) is 5.91 Å². The van der Waals surface area contributed by atoms with Crippen LogP contribution in [0.1, 0.15) is 48.4 Å². The van der Waals surface area contributed by atoms with Crippen LogP contribution in [-0.2, 0) is 4.79 Å². The van der Waals surface area contributed by atoms with Crippen LogP contribution in [0.15, 0.2) is 66.7 Å². The highest BCUT2D eigenvalue weighted by Crippen LogP contribution is 2.31. The van der Waals surface area contributed by atoms with Crippen molar-refractivity contribution >= 4 is 46.6 Å². The Balaban J connectivity index is 1.94. The molecule has 0 unspecified atom stereocenters. The highest BCUT2D eigenvalue weighted by Gasteiger charge is 2.30. The van der Waals surface area contributed by atoms with Crippen LogP contribution in [0.25, 0.3) is 11.1 Å². The van der Waals surface area contributed by atoms with Gasteiger partial charge < -0.3 is 5.32 Å². The van der Waals surface area contributed by atoms with Crippen LogP contribution in [0.4, 0.5) is 5.69 Å². The van der Waals surface area contributed by atoms with Gasteiger partial charge >= 0.3 is 0 Å². The van der Waals surface area contributed by atoms with Crippen molar-refractivity contribution in [2.45, 2.75) is 33.2 Å². The van der Waals surface area contributed by atoms with E-state index in [-0.39, 0.29) is 16.5 Å². The van der Waals surface area contributed by atoms with E-state index in [1.165, 1.54) is 18.0 Å². The largest absolute Gasteiger partial charge is 0.325 e. The fourth-order valence-electron chi connectivity index (χ4n) is 3.35. The third-order valence-electron chi connectivity index (χ3n) is 4.95. The molecule has 0 fully saturated rings. The number of halogens is 2. The third kappa shape index (κ3) is 5.76. The fourth-order valence-corrected chi connectivity index (χ4v) is 3.81. The molecule has 0 saturated carbocycles.